The number of hydrogen-bond donors (Lipinski definition) is 1. The number of hydrogen-bond acceptors (Lipinski definition) is 3. The molecule has 0 amide bonds. The van der Waals surface area contributed by atoms with Gasteiger partial charge in [-0.2, -0.15) is 0 Å². The predicted molar refractivity (Wildman–Crippen MR) is 116 cm³/mol. The number of benzene rings is 2. The lowest BCUT2D eigenvalue weighted by Crippen LogP contribution is -2.43. The number of nitrogens with zero attached hydrogens (tertiary/aromatic N) is 1. The fourth-order valence-electron chi connectivity index (χ4n) is 4.58. The summed E-state index contributed by atoms with van der Waals surface area (Å²) < 4.78 is 5.34. The van der Waals surface area contributed by atoms with Gasteiger partial charge in [-0.1, -0.05) is 62.7 Å². The van der Waals surface area contributed by atoms with Gasteiger partial charge in [-0.3, -0.25) is 0 Å². The maximum atomic E-state index is 12.2. The molecule has 2 aromatic carbocycles. The summed E-state index contributed by atoms with van der Waals surface area (Å²) in [5, 5.41) is 12.2. The first kappa shape index (κ1) is 20.9. The van der Waals surface area contributed by atoms with Gasteiger partial charge in [0.15, 0.2) is 0 Å². The molecule has 28 heavy (non-hydrogen) atoms. The van der Waals surface area contributed by atoms with Crippen LogP contribution in [0.1, 0.15) is 56.6 Å². The van der Waals surface area contributed by atoms with E-state index in [0.717, 1.165) is 37.4 Å². The third-order valence-electron chi connectivity index (χ3n) is 5.98. The second-order valence-electron chi connectivity index (χ2n) is 8.58. The minimum absolute atomic E-state index is 0.0302. The molecule has 0 aromatic heterocycles. The first-order valence-electron chi connectivity index (χ1n) is 10.7. The molecule has 1 fully saturated rings. The molecule has 0 spiro atoms. The maximum absolute atomic E-state index is 12.2. The van der Waals surface area contributed by atoms with Crippen molar-refractivity contribution in [2.24, 2.45) is 5.92 Å². The van der Waals surface area contributed by atoms with Crippen LogP contribution in [0.4, 0.5) is 0 Å². The number of methoxy groups -OCH3 is 1. The smallest absolute Gasteiger partial charge is 0.118 e. The summed E-state index contributed by atoms with van der Waals surface area (Å²) >= 11 is 0. The fourth-order valence-corrected chi connectivity index (χ4v) is 4.58. The molecule has 152 valence electrons. The highest BCUT2D eigenvalue weighted by atomic mass is 16.5. The van der Waals surface area contributed by atoms with E-state index < -0.39 is 5.60 Å². The highest BCUT2D eigenvalue weighted by Crippen LogP contribution is 2.43. The quantitative estimate of drug-likeness (QED) is 0.682. The van der Waals surface area contributed by atoms with Crippen molar-refractivity contribution in [3.05, 3.63) is 65.7 Å². The number of aliphatic hydroxyl groups is 1. The summed E-state index contributed by atoms with van der Waals surface area (Å²) in [6.07, 6.45) is 4.56. The normalized spacial score (nSPS) is 18.6. The highest BCUT2D eigenvalue weighted by molar-refractivity contribution is 5.35. The Labute approximate surface area is 170 Å². The van der Waals surface area contributed by atoms with Crippen molar-refractivity contribution in [3.8, 4) is 5.75 Å². The lowest BCUT2D eigenvalue weighted by Gasteiger charge is -2.42. The third-order valence-corrected chi connectivity index (χ3v) is 5.98. The largest absolute Gasteiger partial charge is 0.497 e. The molecule has 2 aromatic rings. The minimum Gasteiger partial charge on any atom is -0.497 e. The van der Waals surface area contributed by atoms with Crippen LogP contribution in [0.3, 0.4) is 0 Å². The summed E-state index contributed by atoms with van der Waals surface area (Å²) in [5.74, 6) is 1.24. The highest BCUT2D eigenvalue weighted by Gasteiger charge is 2.40. The van der Waals surface area contributed by atoms with Gasteiger partial charge >= 0.3 is 0 Å². The molecule has 3 heteroatoms. The van der Waals surface area contributed by atoms with E-state index >= 15 is 0 Å². The average molecular weight is 382 g/mol. The monoisotopic (exact) mass is 381 g/mol. The average Bonchev–Trinajstić information content (AvgIpc) is 2.73. The lowest BCUT2D eigenvalue weighted by molar-refractivity contribution is -0.0245. The number of rotatable bonds is 8. The molecule has 1 saturated heterocycles. The van der Waals surface area contributed by atoms with Crippen LogP contribution < -0.4 is 4.74 Å². The lowest BCUT2D eigenvalue weighted by atomic mass is 9.72. The van der Waals surface area contributed by atoms with Gasteiger partial charge in [-0.05, 0) is 61.5 Å². The second kappa shape index (κ2) is 9.58. The van der Waals surface area contributed by atoms with Crippen molar-refractivity contribution in [1.29, 1.82) is 0 Å². The van der Waals surface area contributed by atoms with Gasteiger partial charge in [0.25, 0.3) is 0 Å². The first-order valence-corrected chi connectivity index (χ1v) is 10.7. The number of ether oxygens (including phenoxy) is 1. The fraction of sp³-hybridized carbons (Fsp3) is 0.520. The standard InChI is InChI=1S/C25H35NO2/c1-20(2)18-25(27,22-12-14-23(28-3)15-13-22)24(21-10-6-4-7-11-21)19-26-16-8-5-9-17-26/h4,6-7,10-15,20,24,27H,5,8-9,16-19H2,1-3H3/t24-,25-/m1/s1. The van der Waals surface area contributed by atoms with Crippen LogP contribution >= 0.6 is 0 Å². The predicted octanol–water partition coefficient (Wildman–Crippen LogP) is 5.20. The minimum atomic E-state index is -0.917. The van der Waals surface area contributed by atoms with E-state index in [1.54, 1.807) is 7.11 Å². The molecule has 2 atom stereocenters. The molecular formula is C25H35NO2. The van der Waals surface area contributed by atoms with E-state index in [1.165, 1.54) is 24.8 Å². The molecule has 1 heterocycles. The van der Waals surface area contributed by atoms with Gasteiger partial charge in [-0.25, -0.2) is 0 Å². The zero-order valence-electron chi connectivity index (χ0n) is 17.6. The Kier molecular flexibility index (Phi) is 7.14. The van der Waals surface area contributed by atoms with Gasteiger partial charge < -0.3 is 14.7 Å². The summed E-state index contributed by atoms with van der Waals surface area (Å²) in [5.41, 5.74) is 1.28. The molecule has 0 unspecified atom stereocenters. The van der Waals surface area contributed by atoms with E-state index in [2.05, 4.69) is 49.1 Å². The zero-order valence-corrected chi connectivity index (χ0v) is 17.6. The van der Waals surface area contributed by atoms with Crippen LogP contribution in [0, 0.1) is 5.92 Å². The third kappa shape index (κ3) is 4.95. The molecule has 1 aliphatic heterocycles. The van der Waals surface area contributed by atoms with Crippen molar-refractivity contribution >= 4 is 0 Å². The van der Waals surface area contributed by atoms with Crippen LogP contribution in [-0.2, 0) is 5.60 Å². The van der Waals surface area contributed by atoms with Crippen LogP contribution in [-0.4, -0.2) is 36.8 Å². The van der Waals surface area contributed by atoms with Gasteiger partial charge in [0.05, 0.1) is 12.7 Å². The van der Waals surface area contributed by atoms with Gasteiger partial charge in [0, 0.05) is 12.5 Å². The molecule has 0 bridgehead atoms. The molecule has 1 aliphatic rings. The molecule has 0 saturated carbocycles. The number of piperidine rings is 1. The van der Waals surface area contributed by atoms with Crippen LogP contribution in [0.2, 0.25) is 0 Å². The summed E-state index contributed by atoms with van der Waals surface area (Å²) in [7, 11) is 1.68. The van der Waals surface area contributed by atoms with Crippen molar-refractivity contribution in [1.82, 2.24) is 4.90 Å². The summed E-state index contributed by atoms with van der Waals surface area (Å²) in [6.45, 7) is 7.53. The van der Waals surface area contributed by atoms with Crippen molar-refractivity contribution in [3.63, 3.8) is 0 Å². The van der Waals surface area contributed by atoms with E-state index in [-0.39, 0.29) is 5.92 Å². The maximum Gasteiger partial charge on any atom is 0.118 e. The summed E-state index contributed by atoms with van der Waals surface area (Å²) in [6, 6.07) is 18.6. The molecule has 3 nitrogen and oxygen atoms in total. The Morgan fingerprint density at radius 3 is 2.18 bits per heavy atom. The molecule has 3 rings (SSSR count). The van der Waals surface area contributed by atoms with Crippen molar-refractivity contribution < 1.29 is 9.84 Å². The molecular weight excluding hydrogens is 346 g/mol. The van der Waals surface area contributed by atoms with Gasteiger partial charge in [-0.15, -0.1) is 0 Å². The van der Waals surface area contributed by atoms with Crippen molar-refractivity contribution in [2.75, 3.05) is 26.7 Å². The molecule has 1 N–H and O–H groups in total. The van der Waals surface area contributed by atoms with E-state index in [4.69, 9.17) is 4.74 Å². The SMILES string of the molecule is COc1ccc([C@](O)(CC(C)C)[C@H](CN2CCCCC2)c2ccccc2)cc1. The Balaban J connectivity index is 2.01. The van der Waals surface area contributed by atoms with Gasteiger partial charge in [0.2, 0.25) is 0 Å². The topological polar surface area (TPSA) is 32.7 Å². The number of likely N-dealkylation sites (tertiary alicyclic amines) is 1. The van der Waals surface area contributed by atoms with Crippen LogP contribution in [0.25, 0.3) is 0 Å². The van der Waals surface area contributed by atoms with Crippen LogP contribution in [0.5, 0.6) is 5.75 Å². The Hall–Kier alpha value is -1.84. The molecule has 0 aliphatic carbocycles. The van der Waals surface area contributed by atoms with E-state index in [9.17, 15) is 5.11 Å². The molecule has 0 radical (unpaired) electrons. The Morgan fingerprint density at radius 1 is 0.964 bits per heavy atom. The Bertz CT molecular complexity index is 707. The van der Waals surface area contributed by atoms with Crippen LogP contribution in [0.15, 0.2) is 54.6 Å². The van der Waals surface area contributed by atoms with Gasteiger partial charge in [0.1, 0.15) is 5.75 Å². The second-order valence-corrected chi connectivity index (χ2v) is 8.58. The van der Waals surface area contributed by atoms with E-state index in [0.29, 0.717) is 5.92 Å². The Morgan fingerprint density at radius 2 is 1.61 bits per heavy atom. The van der Waals surface area contributed by atoms with E-state index in [1.807, 2.05) is 24.3 Å². The van der Waals surface area contributed by atoms with Crippen molar-refractivity contribution in [2.45, 2.75) is 51.0 Å². The zero-order chi connectivity index (χ0) is 20.0. The first-order chi connectivity index (χ1) is 13.5. The summed E-state index contributed by atoms with van der Waals surface area (Å²) in [4.78, 5) is 2.54.